The molecule has 1 aromatic rings. The summed E-state index contributed by atoms with van der Waals surface area (Å²) in [5.41, 5.74) is 9.63. The van der Waals surface area contributed by atoms with Gasteiger partial charge >= 0.3 is 11.9 Å². The predicted molar refractivity (Wildman–Crippen MR) is 117 cm³/mol. The average molecular weight is 459 g/mol. The molecule has 1 aliphatic rings. The first-order valence-electron chi connectivity index (χ1n) is 9.84. The van der Waals surface area contributed by atoms with E-state index in [-0.39, 0.29) is 24.4 Å². The van der Waals surface area contributed by atoms with Gasteiger partial charge in [0.15, 0.2) is 11.7 Å². The Morgan fingerprint density at radius 3 is 2.55 bits per heavy atom. The smallest absolute Gasteiger partial charge is 0.329 e. The van der Waals surface area contributed by atoms with Gasteiger partial charge in [-0.1, -0.05) is 24.3 Å². The number of ether oxygens (including phenoxy) is 1. The molecule has 2 amide bonds. The van der Waals surface area contributed by atoms with Crippen LogP contribution in [-0.4, -0.2) is 58.8 Å². The van der Waals surface area contributed by atoms with Gasteiger partial charge in [-0.3, -0.25) is 14.4 Å². The Bertz CT molecular complexity index is 1000. The molecule has 0 aromatic heterocycles. The van der Waals surface area contributed by atoms with Crippen LogP contribution in [0.1, 0.15) is 23.2 Å². The quantitative estimate of drug-likeness (QED) is 0.147. The number of nitrogens with one attached hydrogen (secondary N) is 2. The summed E-state index contributed by atoms with van der Waals surface area (Å²) < 4.78 is 5.48. The molecule has 0 bridgehead atoms. The molecule has 2 rings (SSSR count). The zero-order chi connectivity index (χ0) is 24.4. The lowest BCUT2D eigenvalue weighted by Crippen LogP contribution is -2.57. The number of carbonyl (C=O) groups excluding carboxylic acids is 2. The minimum Gasteiger partial charge on any atom is -0.481 e. The fraction of sp³-hybridized carbons (Fsp3) is 0.286. The zero-order valence-corrected chi connectivity index (χ0v) is 17.6. The summed E-state index contributed by atoms with van der Waals surface area (Å²) in [5.74, 6) is -4.38. The monoisotopic (exact) mass is 459 g/mol. The lowest BCUT2D eigenvalue weighted by molar-refractivity contribution is -0.155. The molecule has 33 heavy (non-hydrogen) atoms. The predicted octanol–water partition coefficient (Wildman–Crippen LogP) is -0.158. The van der Waals surface area contributed by atoms with Crippen molar-refractivity contribution < 1.29 is 34.1 Å². The number of benzene rings is 1. The van der Waals surface area contributed by atoms with Crippen LogP contribution in [0.4, 0.5) is 5.69 Å². The van der Waals surface area contributed by atoms with Crippen molar-refractivity contribution in [3.63, 3.8) is 0 Å². The van der Waals surface area contributed by atoms with E-state index in [1.807, 2.05) is 0 Å². The standard InChI is InChI=1S/C21H25N5O7/c22-20(23)25-15-6-3-4-13(10-15)19(32)24-11-16(27)26-21(33-12-18(30)31)9-2-1-5-14(21)7-8-17(28)29/h1-6,9-10,14H,7-8,11-12H2,(H,24,32)(H,26,27)(H,28,29)(H,30,31)(H4,22,23,25). The molecule has 2 atom stereocenters. The number of rotatable bonds is 11. The second-order valence-electron chi connectivity index (χ2n) is 7.08. The molecule has 0 heterocycles. The van der Waals surface area contributed by atoms with Gasteiger partial charge in [0.05, 0.1) is 12.2 Å². The summed E-state index contributed by atoms with van der Waals surface area (Å²) in [7, 11) is 0. The van der Waals surface area contributed by atoms with Crippen LogP contribution in [0.25, 0.3) is 0 Å². The molecule has 8 N–H and O–H groups in total. The minimum atomic E-state index is -1.59. The number of aliphatic carboxylic acids is 2. The Morgan fingerprint density at radius 1 is 1.12 bits per heavy atom. The zero-order valence-electron chi connectivity index (χ0n) is 17.6. The second kappa shape index (κ2) is 11.4. The van der Waals surface area contributed by atoms with Crippen molar-refractivity contribution in [1.82, 2.24) is 10.6 Å². The Hall–Kier alpha value is -4.19. The van der Waals surface area contributed by atoms with Gasteiger partial charge in [0.25, 0.3) is 5.91 Å². The molecular formula is C21H25N5O7. The van der Waals surface area contributed by atoms with Crippen LogP contribution in [0, 0.1) is 5.92 Å². The molecule has 0 spiro atoms. The van der Waals surface area contributed by atoms with Crippen molar-refractivity contribution in [2.75, 3.05) is 13.2 Å². The van der Waals surface area contributed by atoms with E-state index in [9.17, 15) is 19.2 Å². The molecular weight excluding hydrogens is 434 g/mol. The number of nitrogens with two attached hydrogens (primary N) is 2. The van der Waals surface area contributed by atoms with Crippen molar-refractivity contribution in [3.8, 4) is 0 Å². The number of carboxylic acid groups (broad SMARTS) is 2. The summed E-state index contributed by atoms with van der Waals surface area (Å²) in [6.45, 7) is -1.18. The molecule has 0 fully saturated rings. The van der Waals surface area contributed by atoms with Crippen LogP contribution < -0.4 is 22.1 Å². The van der Waals surface area contributed by atoms with E-state index < -0.39 is 48.5 Å². The Morgan fingerprint density at radius 2 is 1.88 bits per heavy atom. The Labute approximate surface area is 189 Å². The molecule has 1 aliphatic carbocycles. The number of hydrogen-bond acceptors (Lipinski definition) is 6. The Balaban J connectivity index is 2.09. The third-order valence-corrected chi connectivity index (χ3v) is 4.56. The molecule has 176 valence electrons. The van der Waals surface area contributed by atoms with Crippen LogP contribution in [0.15, 0.2) is 53.6 Å². The number of carboxylic acids is 2. The molecule has 0 aliphatic heterocycles. The summed E-state index contributed by atoms with van der Waals surface area (Å²) >= 11 is 0. The van der Waals surface area contributed by atoms with Crippen LogP contribution in [0.3, 0.4) is 0 Å². The normalized spacial score (nSPS) is 18.8. The van der Waals surface area contributed by atoms with Crippen molar-refractivity contribution >= 4 is 35.4 Å². The molecule has 12 heteroatoms. The third-order valence-electron chi connectivity index (χ3n) is 4.56. The summed E-state index contributed by atoms with van der Waals surface area (Å²) in [6, 6.07) is 6.10. The molecule has 0 radical (unpaired) electrons. The number of allylic oxidation sites excluding steroid dienone is 2. The molecule has 12 nitrogen and oxygen atoms in total. The van der Waals surface area contributed by atoms with E-state index >= 15 is 0 Å². The maximum absolute atomic E-state index is 12.6. The lowest BCUT2D eigenvalue weighted by Gasteiger charge is -2.38. The maximum atomic E-state index is 12.6. The number of aliphatic imine (C=N–C) groups is 1. The topological polar surface area (TPSA) is 206 Å². The van der Waals surface area contributed by atoms with Crippen molar-refractivity contribution in [3.05, 3.63) is 54.1 Å². The summed E-state index contributed by atoms with van der Waals surface area (Å²) in [5, 5.41) is 23.0. The third kappa shape index (κ3) is 7.78. The van der Waals surface area contributed by atoms with E-state index in [1.54, 1.807) is 30.4 Å². The van der Waals surface area contributed by atoms with Crippen molar-refractivity contribution in [2.24, 2.45) is 22.4 Å². The average Bonchev–Trinajstić information content (AvgIpc) is 2.75. The van der Waals surface area contributed by atoms with Crippen LogP contribution in [-0.2, 0) is 19.1 Å². The maximum Gasteiger partial charge on any atom is 0.329 e. The minimum absolute atomic E-state index is 0.0833. The number of amides is 2. The molecule has 0 saturated heterocycles. The summed E-state index contributed by atoms with van der Waals surface area (Å²) in [6.07, 6.45) is 6.12. The Kier molecular flexibility index (Phi) is 8.69. The van der Waals surface area contributed by atoms with E-state index in [0.717, 1.165) is 0 Å². The SMILES string of the molecule is NC(N)=Nc1cccc(C(=O)NCC(=O)NC2(OCC(=O)O)C=CC=CC2CCC(=O)O)c1. The van der Waals surface area contributed by atoms with Crippen LogP contribution in [0.2, 0.25) is 0 Å². The van der Waals surface area contributed by atoms with Gasteiger partial charge in [-0.05, 0) is 30.7 Å². The van der Waals surface area contributed by atoms with E-state index in [1.165, 1.54) is 18.2 Å². The van der Waals surface area contributed by atoms with Gasteiger partial charge in [-0.25, -0.2) is 9.79 Å². The van der Waals surface area contributed by atoms with E-state index in [0.29, 0.717) is 5.69 Å². The first-order chi connectivity index (χ1) is 15.6. The first-order valence-corrected chi connectivity index (χ1v) is 9.84. The van der Waals surface area contributed by atoms with Gasteiger partial charge in [-0.15, -0.1) is 0 Å². The van der Waals surface area contributed by atoms with Crippen LogP contribution >= 0.6 is 0 Å². The number of guanidine groups is 1. The number of nitrogens with zero attached hydrogens (tertiary/aromatic N) is 1. The van der Waals surface area contributed by atoms with E-state index in [2.05, 4.69) is 15.6 Å². The highest BCUT2D eigenvalue weighted by Gasteiger charge is 2.39. The van der Waals surface area contributed by atoms with Gasteiger partial charge in [0.1, 0.15) is 6.61 Å². The fourth-order valence-electron chi connectivity index (χ4n) is 3.15. The largest absolute Gasteiger partial charge is 0.481 e. The second-order valence-corrected chi connectivity index (χ2v) is 7.08. The van der Waals surface area contributed by atoms with Crippen molar-refractivity contribution in [1.29, 1.82) is 0 Å². The molecule has 1 aromatic carbocycles. The highest BCUT2D eigenvalue weighted by atomic mass is 16.5. The highest BCUT2D eigenvalue weighted by molar-refractivity contribution is 5.97. The van der Waals surface area contributed by atoms with Gasteiger partial charge in [0, 0.05) is 17.9 Å². The highest BCUT2D eigenvalue weighted by Crippen LogP contribution is 2.30. The van der Waals surface area contributed by atoms with Gasteiger partial charge < -0.3 is 37.1 Å². The number of carbonyl (C=O) groups is 4. The van der Waals surface area contributed by atoms with Crippen LogP contribution in [0.5, 0.6) is 0 Å². The fourth-order valence-corrected chi connectivity index (χ4v) is 3.15. The van der Waals surface area contributed by atoms with Crippen molar-refractivity contribution in [2.45, 2.75) is 18.6 Å². The summed E-state index contributed by atoms with van der Waals surface area (Å²) in [4.78, 5) is 50.9. The van der Waals surface area contributed by atoms with Gasteiger partial charge in [-0.2, -0.15) is 0 Å². The van der Waals surface area contributed by atoms with Gasteiger partial charge in [0.2, 0.25) is 5.91 Å². The van der Waals surface area contributed by atoms with E-state index in [4.69, 9.17) is 26.4 Å². The number of hydrogen-bond donors (Lipinski definition) is 6. The lowest BCUT2D eigenvalue weighted by atomic mass is 9.86. The molecule has 0 saturated carbocycles. The first kappa shape index (κ1) is 25.1. The molecule has 2 unspecified atom stereocenters.